The fourth-order valence-corrected chi connectivity index (χ4v) is 0.207. The number of hydrogen-bond donors (Lipinski definition) is 2. The summed E-state index contributed by atoms with van der Waals surface area (Å²) in [5.41, 5.74) is 4.69. The van der Waals surface area contributed by atoms with E-state index in [2.05, 4.69) is 0 Å². The lowest BCUT2D eigenvalue weighted by Gasteiger charge is -1.90. The molecule has 4 nitrogen and oxygen atoms in total. The van der Waals surface area contributed by atoms with Crippen LogP contribution in [0.1, 0.15) is 18.3 Å². The third-order valence-corrected chi connectivity index (χ3v) is 0.531. The zero-order valence-electron chi connectivity index (χ0n) is 8.55. The van der Waals surface area contributed by atoms with Gasteiger partial charge in [-0.1, -0.05) is 0 Å². The van der Waals surface area contributed by atoms with E-state index in [1.54, 1.807) is 0 Å². The van der Waals surface area contributed by atoms with E-state index in [1.807, 2.05) is 0 Å². The maximum atomic E-state index is 10.9. The Morgan fingerprint density at radius 1 is 1.67 bits per heavy atom. The highest BCUT2D eigenvalue weighted by Crippen LogP contribution is 1.87. The maximum absolute atomic E-state index is 10.9. The number of aliphatic carboxylic acids is 1. The van der Waals surface area contributed by atoms with Gasteiger partial charge in [0.05, 0.1) is 15.7 Å². The summed E-state index contributed by atoms with van der Waals surface area (Å²) in [6, 6.07) is 0. The molecule has 0 atom stereocenters. The number of hydrogen-bond acceptors (Lipinski definition) is 3. The van der Waals surface area contributed by atoms with Crippen LogP contribution < -0.4 is 5.73 Å². The van der Waals surface area contributed by atoms with Crippen LogP contribution in [-0.2, 0) is 9.59 Å². The van der Waals surface area contributed by atoms with Gasteiger partial charge in [0.1, 0.15) is 5.78 Å². The van der Waals surface area contributed by atoms with Gasteiger partial charge in [0, 0.05) is 9.11 Å². The van der Waals surface area contributed by atoms with Crippen LogP contribution in [0.15, 0.2) is 0 Å². The largest absolute Gasteiger partial charge is 0.481 e. The van der Waals surface area contributed by atoms with Crippen molar-refractivity contribution in [3.8, 4) is 0 Å². The molecule has 0 saturated heterocycles. The number of carboxylic acids is 1. The van der Waals surface area contributed by atoms with Crippen LogP contribution in [-0.4, -0.2) is 23.4 Å². The topological polar surface area (TPSA) is 80.4 Å². The average molecular weight is 135 g/mol. The summed E-state index contributed by atoms with van der Waals surface area (Å²) < 4.78 is 27.3. The Balaban J connectivity index is 4.65. The van der Waals surface area contributed by atoms with Crippen LogP contribution in [0, 0.1) is 0 Å². The summed E-state index contributed by atoms with van der Waals surface area (Å²) in [7, 11) is 0. The molecular formula is C5H9NO3. The lowest BCUT2D eigenvalue weighted by atomic mass is 10.2. The number of carbonyl (C=O) groups is 2. The molecule has 0 heterocycles. The smallest absolute Gasteiger partial charge is 0.303 e. The molecule has 4 heteroatoms. The van der Waals surface area contributed by atoms with E-state index in [4.69, 9.17) is 16.3 Å². The second-order valence-electron chi connectivity index (χ2n) is 1.22. The Morgan fingerprint density at radius 2 is 2.22 bits per heavy atom. The lowest BCUT2D eigenvalue weighted by molar-refractivity contribution is -0.138. The molecule has 0 aliphatic rings. The quantitative estimate of drug-likeness (QED) is 0.538. The molecule has 0 fully saturated rings. The highest BCUT2D eigenvalue weighted by atomic mass is 16.4. The van der Waals surface area contributed by atoms with Gasteiger partial charge >= 0.3 is 5.97 Å². The molecule has 0 saturated carbocycles. The van der Waals surface area contributed by atoms with Crippen molar-refractivity contribution in [3.05, 3.63) is 0 Å². The van der Waals surface area contributed by atoms with Gasteiger partial charge in [-0.15, -0.1) is 0 Å². The lowest BCUT2D eigenvalue weighted by Crippen LogP contribution is -2.14. The molecule has 0 amide bonds. The first-order chi connectivity index (χ1) is 5.57. The first kappa shape index (κ1) is 3.31. The van der Waals surface area contributed by atoms with Crippen LogP contribution in [0.3, 0.4) is 0 Å². The molecule has 0 radical (unpaired) electrons. The predicted molar refractivity (Wildman–Crippen MR) is 30.9 cm³/mol. The minimum absolute atomic E-state index is 1.09. The Bertz CT molecular complexity index is 234. The minimum Gasteiger partial charge on any atom is -0.481 e. The SMILES string of the molecule is [2H]C([2H])(N)C(=O)C([2H])([2H])CC(=O)O. The summed E-state index contributed by atoms with van der Waals surface area (Å²) in [4.78, 5) is 21.0. The highest BCUT2D eigenvalue weighted by Gasteiger charge is 2.01. The highest BCUT2D eigenvalue weighted by molar-refractivity contribution is 5.83. The zero-order valence-corrected chi connectivity index (χ0v) is 4.55. The molecule has 3 N–H and O–H groups in total. The molecule has 0 unspecified atom stereocenters. The van der Waals surface area contributed by atoms with Gasteiger partial charge in [-0.25, -0.2) is 0 Å². The van der Waals surface area contributed by atoms with E-state index in [9.17, 15) is 9.59 Å². The summed E-state index contributed by atoms with van der Waals surface area (Å²) in [5.74, 6) is -3.09. The monoisotopic (exact) mass is 135 g/mol. The van der Waals surface area contributed by atoms with Gasteiger partial charge < -0.3 is 10.8 Å². The fourth-order valence-electron chi connectivity index (χ4n) is 0.207. The minimum atomic E-state index is -2.85. The van der Waals surface area contributed by atoms with E-state index >= 15 is 0 Å². The molecule has 52 valence electrons. The number of rotatable bonds is 4. The van der Waals surface area contributed by atoms with Crippen molar-refractivity contribution < 1.29 is 20.2 Å². The average Bonchev–Trinajstić information content (AvgIpc) is 1.80. The maximum Gasteiger partial charge on any atom is 0.303 e. The standard InChI is InChI=1S/C5H9NO3/c6-3-4(7)1-2-5(8)9/h1-3,6H2,(H,8,9)/i1D2,3D2. The van der Waals surface area contributed by atoms with Gasteiger partial charge in [-0.2, -0.15) is 0 Å². The molecule has 0 aromatic heterocycles. The van der Waals surface area contributed by atoms with E-state index < -0.39 is 31.0 Å². The van der Waals surface area contributed by atoms with Crippen LogP contribution in [0.5, 0.6) is 0 Å². The molecule has 0 spiro atoms. The van der Waals surface area contributed by atoms with E-state index in [0.717, 1.165) is 0 Å². The van der Waals surface area contributed by atoms with Crippen molar-refractivity contribution in [1.29, 1.82) is 0 Å². The van der Waals surface area contributed by atoms with Gasteiger partial charge in [-0.3, -0.25) is 9.59 Å². The molecule has 0 aliphatic carbocycles. The second-order valence-corrected chi connectivity index (χ2v) is 1.22. The second kappa shape index (κ2) is 4.03. The van der Waals surface area contributed by atoms with Crippen molar-refractivity contribution in [3.63, 3.8) is 0 Å². The Labute approximate surface area is 58.3 Å². The number of nitrogens with two attached hydrogens (primary N) is 1. The summed E-state index contributed by atoms with van der Waals surface area (Å²) in [6.45, 7) is -2.85. The van der Waals surface area contributed by atoms with Gasteiger partial charge in [0.15, 0.2) is 0 Å². The number of carboxylic acid groups (broad SMARTS) is 1. The first-order valence-corrected chi connectivity index (χ1v) is 2.13. The Kier molecular flexibility index (Phi) is 1.48. The molecule has 0 aromatic rings. The number of Topliss-reactive ketones (excluding diaryl/α,β-unsaturated/α-hetero) is 1. The summed E-state index contributed by atoms with van der Waals surface area (Å²) in [6.07, 6.45) is -3.87. The first-order valence-electron chi connectivity index (χ1n) is 4.13. The third-order valence-electron chi connectivity index (χ3n) is 0.531. The fraction of sp³-hybridized carbons (Fsp3) is 0.600. The van der Waals surface area contributed by atoms with Crippen molar-refractivity contribution in [2.45, 2.75) is 12.8 Å². The Morgan fingerprint density at radius 3 is 2.56 bits per heavy atom. The van der Waals surface area contributed by atoms with E-state index in [0.29, 0.717) is 0 Å². The molecule has 0 rings (SSSR count). The predicted octanol–water partition coefficient (Wildman–Crippen LogP) is -0.621. The molecule has 9 heavy (non-hydrogen) atoms. The number of carbonyl (C=O) groups excluding carboxylic acids is 1. The van der Waals surface area contributed by atoms with Gasteiger partial charge in [0.25, 0.3) is 0 Å². The van der Waals surface area contributed by atoms with Crippen molar-refractivity contribution in [2.24, 2.45) is 5.73 Å². The molecular weight excluding hydrogens is 122 g/mol. The number of ketones is 1. The van der Waals surface area contributed by atoms with Crippen molar-refractivity contribution >= 4 is 11.8 Å². The van der Waals surface area contributed by atoms with Crippen LogP contribution in [0.25, 0.3) is 0 Å². The van der Waals surface area contributed by atoms with Crippen molar-refractivity contribution in [1.82, 2.24) is 0 Å². The molecule has 0 aliphatic heterocycles. The Hall–Kier alpha value is -0.900. The van der Waals surface area contributed by atoms with Gasteiger partial charge in [-0.05, 0) is 0 Å². The molecule has 0 aromatic carbocycles. The summed E-state index contributed by atoms with van der Waals surface area (Å²) >= 11 is 0. The summed E-state index contributed by atoms with van der Waals surface area (Å²) in [5, 5.41) is 8.21. The normalized spacial score (nSPS) is 18.8. The van der Waals surface area contributed by atoms with Crippen LogP contribution in [0.2, 0.25) is 0 Å². The van der Waals surface area contributed by atoms with Crippen LogP contribution in [0.4, 0.5) is 0 Å². The molecule has 0 bridgehead atoms. The van der Waals surface area contributed by atoms with Crippen LogP contribution >= 0.6 is 0 Å². The van der Waals surface area contributed by atoms with Gasteiger partial charge in [0.2, 0.25) is 0 Å². The van der Waals surface area contributed by atoms with Crippen molar-refractivity contribution in [2.75, 3.05) is 6.50 Å². The zero-order chi connectivity index (χ0) is 10.9. The third kappa shape index (κ3) is 4.96. The van der Waals surface area contributed by atoms with E-state index in [-0.39, 0.29) is 0 Å². The van der Waals surface area contributed by atoms with E-state index in [1.165, 1.54) is 0 Å².